The molecule has 0 atom stereocenters. The summed E-state index contributed by atoms with van der Waals surface area (Å²) in [7, 11) is -3.09. The van der Waals surface area contributed by atoms with Crippen LogP contribution in [0.15, 0.2) is 71.1 Å². The average molecular weight is 462 g/mol. The molecule has 3 heterocycles. The minimum Gasteiger partial charge on any atom is -0.298 e. The lowest BCUT2D eigenvalue weighted by atomic mass is 10.1. The number of nitrogens with zero attached hydrogens (tertiary/aromatic N) is 5. The Morgan fingerprint density at radius 3 is 2.74 bits per heavy atom. The van der Waals surface area contributed by atoms with Gasteiger partial charge in [0.1, 0.15) is 16.4 Å². The van der Waals surface area contributed by atoms with Crippen molar-refractivity contribution in [2.45, 2.75) is 4.90 Å². The third-order valence-electron chi connectivity index (χ3n) is 4.48. The van der Waals surface area contributed by atoms with Gasteiger partial charge in [-0.15, -0.1) is 0 Å². The molecule has 3 aromatic heterocycles. The molecule has 0 saturated carbocycles. The Hall–Kier alpha value is -3.37. The monoisotopic (exact) mass is 461 g/mol. The van der Waals surface area contributed by atoms with Gasteiger partial charge in [-0.1, -0.05) is 11.6 Å². The average Bonchev–Trinajstić information content (AvgIpc) is 3.16. The lowest BCUT2D eigenvalue weighted by Crippen LogP contribution is -2.23. The first-order valence-electron chi connectivity index (χ1n) is 8.83. The first kappa shape index (κ1) is 20.9. The number of hydrogen-bond donors (Lipinski definition) is 0. The quantitative estimate of drug-likeness (QED) is 0.256. The summed E-state index contributed by atoms with van der Waals surface area (Å²) in [5, 5.41) is 4.00. The molecule has 4 aromatic rings. The van der Waals surface area contributed by atoms with Crippen molar-refractivity contribution in [2.75, 3.05) is 7.05 Å². The number of rotatable bonds is 5. The van der Waals surface area contributed by atoms with E-state index in [0.29, 0.717) is 26.9 Å². The molecule has 11 heteroatoms. The molecule has 31 heavy (non-hydrogen) atoms. The minimum atomic E-state index is -4.27. The molecular weight excluding hydrogens is 448 g/mol. The summed E-state index contributed by atoms with van der Waals surface area (Å²) >= 11 is 5.80. The van der Waals surface area contributed by atoms with E-state index in [4.69, 9.17) is 11.6 Å². The highest BCUT2D eigenvalue weighted by Gasteiger charge is 2.24. The van der Waals surface area contributed by atoms with Gasteiger partial charge in [-0.05, 0) is 42.5 Å². The van der Waals surface area contributed by atoms with Crippen molar-refractivity contribution in [1.29, 1.82) is 0 Å². The molecule has 0 aliphatic rings. The van der Waals surface area contributed by atoms with Crippen LogP contribution in [0, 0.1) is 11.8 Å². The summed E-state index contributed by atoms with van der Waals surface area (Å²) in [5.74, 6) is -1.56. The number of benzene rings is 1. The maximum absolute atomic E-state index is 14.0. The molecule has 0 aliphatic heterocycles. The largest absolute Gasteiger partial charge is 0.298 e. The van der Waals surface area contributed by atoms with Gasteiger partial charge in [-0.25, -0.2) is 14.4 Å². The number of pyridine rings is 2. The highest BCUT2D eigenvalue weighted by molar-refractivity contribution is 7.89. The van der Waals surface area contributed by atoms with Gasteiger partial charge in [-0.2, -0.15) is 22.3 Å². The summed E-state index contributed by atoms with van der Waals surface area (Å²) in [6, 6.07) is 9.82. The summed E-state index contributed by atoms with van der Waals surface area (Å²) in [6.07, 6.45) is 5.71. The maximum atomic E-state index is 14.0. The normalized spacial score (nSPS) is 12.0. The van der Waals surface area contributed by atoms with Crippen molar-refractivity contribution >= 4 is 33.5 Å². The molecule has 0 amide bonds. The molecule has 0 radical (unpaired) electrons. The number of fused-ring (bicyclic) bond motifs is 1. The lowest BCUT2D eigenvalue weighted by molar-refractivity contribution is 0.481. The Balaban J connectivity index is 1.69. The second kappa shape index (κ2) is 8.05. The molecule has 0 N–H and O–H groups in total. The van der Waals surface area contributed by atoms with Gasteiger partial charge >= 0.3 is 0 Å². The number of imidazole rings is 1. The van der Waals surface area contributed by atoms with Crippen LogP contribution >= 0.6 is 11.6 Å². The van der Waals surface area contributed by atoms with Crippen LogP contribution in [0.3, 0.4) is 0 Å². The number of hydrazone groups is 1. The van der Waals surface area contributed by atoms with E-state index >= 15 is 0 Å². The van der Waals surface area contributed by atoms with E-state index < -0.39 is 26.7 Å². The fourth-order valence-corrected chi connectivity index (χ4v) is 4.16. The van der Waals surface area contributed by atoms with Crippen molar-refractivity contribution in [1.82, 2.24) is 18.8 Å². The van der Waals surface area contributed by atoms with Crippen molar-refractivity contribution in [3.8, 4) is 11.1 Å². The predicted octanol–water partition coefficient (Wildman–Crippen LogP) is 3.98. The van der Waals surface area contributed by atoms with Crippen LogP contribution in [0.5, 0.6) is 0 Å². The molecule has 0 bridgehead atoms. The Morgan fingerprint density at radius 1 is 1.16 bits per heavy atom. The van der Waals surface area contributed by atoms with Crippen molar-refractivity contribution in [2.24, 2.45) is 5.10 Å². The van der Waals surface area contributed by atoms with E-state index in [1.54, 1.807) is 34.9 Å². The van der Waals surface area contributed by atoms with E-state index in [0.717, 1.165) is 12.1 Å². The van der Waals surface area contributed by atoms with Crippen LogP contribution in [0.2, 0.25) is 5.02 Å². The molecular formula is C20H14ClF2N5O2S. The highest BCUT2D eigenvalue weighted by Crippen LogP contribution is 2.24. The van der Waals surface area contributed by atoms with E-state index in [1.165, 1.54) is 31.7 Å². The molecule has 0 unspecified atom stereocenters. The van der Waals surface area contributed by atoms with Gasteiger partial charge < -0.3 is 0 Å². The third-order valence-corrected chi connectivity index (χ3v) is 6.37. The smallest absolute Gasteiger partial charge is 0.281 e. The fraction of sp³-hybridized carbons (Fsp3) is 0.0500. The van der Waals surface area contributed by atoms with Crippen LogP contribution in [0.1, 0.15) is 5.69 Å². The van der Waals surface area contributed by atoms with Gasteiger partial charge in [0.05, 0.1) is 18.1 Å². The predicted molar refractivity (Wildman–Crippen MR) is 112 cm³/mol. The standard InChI is InChI=1S/C20H14ClF2N5O2S/c1-27(31(29,30)18-9-14(21)5-6-17(18)22)26-11-15-10-25-19-7-4-13(12-28(15)19)16-3-2-8-24-20(16)23/h2-12H,1H3. The van der Waals surface area contributed by atoms with Crippen LogP contribution < -0.4 is 0 Å². The van der Waals surface area contributed by atoms with E-state index in [9.17, 15) is 17.2 Å². The Kier molecular flexibility index (Phi) is 5.42. The van der Waals surface area contributed by atoms with Gasteiger partial charge in [-0.3, -0.25) is 4.40 Å². The summed E-state index contributed by atoms with van der Waals surface area (Å²) in [4.78, 5) is 7.27. The van der Waals surface area contributed by atoms with Crippen molar-refractivity contribution in [3.63, 3.8) is 0 Å². The molecule has 0 fully saturated rings. The van der Waals surface area contributed by atoms with Gasteiger partial charge in [0.25, 0.3) is 10.0 Å². The van der Waals surface area contributed by atoms with Crippen molar-refractivity contribution in [3.05, 3.63) is 83.5 Å². The number of halogens is 3. The summed E-state index contributed by atoms with van der Waals surface area (Å²) < 4.78 is 55.6. The number of aromatic nitrogens is 3. The summed E-state index contributed by atoms with van der Waals surface area (Å²) in [6.45, 7) is 0. The van der Waals surface area contributed by atoms with E-state index in [2.05, 4.69) is 15.1 Å². The molecule has 4 rings (SSSR count). The molecule has 0 aliphatic carbocycles. The molecule has 158 valence electrons. The first-order valence-corrected chi connectivity index (χ1v) is 10.6. The first-order chi connectivity index (χ1) is 14.8. The zero-order valence-electron chi connectivity index (χ0n) is 15.9. The van der Waals surface area contributed by atoms with Gasteiger partial charge in [0.2, 0.25) is 5.95 Å². The second-order valence-electron chi connectivity index (χ2n) is 6.43. The topological polar surface area (TPSA) is 79.9 Å². The summed E-state index contributed by atoms with van der Waals surface area (Å²) in [5.41, 5.74) is 1.82. The van der Waals surface area contributed by atoms with Crippen LogP contribution in [-0.4, -0.2) is 40.5 Å². The zero-order valence-corrected chi connectivity index (χ0v) is 17.5. The van der Waals surface area contributed by atoms with Crippen LogP contribution in [0.4, 0.5) is 8.78 Å². The van der Waals surface area contributed by atoms with Crippen LogP contribution in [-0.2, 0) is 10.0 Å². The molecule has 0 spiro atoms. The Morgan fingerprint density at radius 2 is 1.97 bits per heavy atom. The number of sulfonamides is 1. The zero-order chi connectivity index (χ0) is 22.2. The molecule has 1 aromatic carbocycles. The number of hydrogen-bond acceptors (Lipinski definition) is 5. The Bertz CT molecular complexity index is 1420. The maximum Gasteiger partial charge on any atom is 0.281 e. The fourth-order valence-electron chi connectivity index (χ4n) is 2.88. The van der Waals surface area contributed by atoms with Crippen molar-refractivity contribution < 1.29 is 17.2 Å². The van der Waals surface area contributed by atoms with Gasteiger partial charge in [0.15, 0.2) is 0 Å². The molecule has 0 saturated heterocycles. The molecule has 7 nitrogen and oxygen atoms in total. The SMILES string of the molecule is CN(N=Cc1cnc2ccc(-c3cccnc3F)cn12)S(=O)(=O)c1cc(Cl)ccc1F. The Labute approximate surface area is 181 Å². The van der Waals surface area contributed by atoms with E-state index in [-0.39, 0.29) is 5.02 Å². The lowest BCUT2D eigenvalue weighted by Gasteiger charge is -2.14. The van der Waals surface area contributed by atoms with Gasteiger partial charge in [0, 0.05) is 35.6 Å². The highest BCUT2D eigenvalue weighted by atomic mass is 35.5. The van der Waals surface area contributed by atoms with Crippen LogP contribution in [0.25, 0.3) is 16.8 Å². The minimum absolute atomic E-state index is 0.0781. The van der Waals surface area contributed by atoms with E-state index in [1.807, 2.05) is 0 Å². The second-order valence-corrected chi connectivity index (χ2v) is 8.78. The third kappa shape index (κ3) is 3.99.